The van der Waals surface area contributed by atoms with Gasteiger partial charge in [-0.15, -0.1) is 0 Å². The summed E-state index contributed by atoms with van der Waals surface area (Å²) in [4.78, 5) is 12.3. The van der Waals surface area contributed by atoms with Gasteiger partial charge in [-0.3, -0.25) is 4.79 Å². The van der Waals surface area contributed by atoms with E-state index in [1.54, 1.807) is 42.5 Å². The fourth-order valence-electron chi connectivity index (χ4n) is 2.27. The smallest absolute Gasteiger partial charge is 0.257 e. The second-order valence-electron chi connectivity index (χ2n) is 5.20. The largest absolute Gasteiger partial charge is 0.459 e. The highest BCUT2D eigenvalue weighted by molar-refractivity contribution is 6.37. The molecule has 1 aromatic heterocycles. The summed E-state index contributed by atoms with van der Waals surface area (Å²) in [6, 6.07) is 13.1. The van der Waals surface area contributed by atoms with Crippen molar-refractivity contribution in [1.82, 2.24) is 0 Å². The van der Waals surface area contributed by atoms with E-state index in [1.165, 1.54) is 6.07 Å². The van der Waals surface area contributed by atoms with E-state index >= 15 is 0 Å². The fourth-order valence-corrected chi connectivity index (χ4v) is 3.04. The van der Waals surface area contributed by atoms with Gasteiger partial charge in [-0.25, -0.2) is 0 Å². The summed E-state index contributed by atoms with van der Waals surface area (Å²) in [7, 11) is 0. The lowest BCUT2D eigenvalue weighted by Gasteiger charge is -2.09. The summed E-state index contributed by atoms with van der Waals surface area (Å²) in [6.45, 7) is -0.187. The number of hydrogen-bond acceptors (Lipinski definition) is 3. The number of benzene rings is 2. The van der Waals surface area contributed by atoms with Gasteiger partial charge < -0.3 is 14.8 Å². The molecule has 0 unspecified atom stereocenters. The fraction of sp³-hybridized carbons (Fsp3) is 0.0556. The van der Waals surface area contributed by atoms with Crippen LogP contribution in [0.15, 0.2) is 52.9 Å². The Morgan fingerprint density at radius 3 is 2.44 bits per heavy atom. The normalized spacial score (nSPS) is 10.7. The molecule has 0 aliphatic rings. The number of hydrogen-bond donors (Lipinski definition) is 2. The van der Waals surface area contributed by atoms with Crippen molar-refractivity contribution in [1.29, 1.82) is 0 Å². The Labute approximate surface area is 158 Å². The van der Waals surface area contributed by atoms with Gasteiger partial charge in [0.1, 0.15) is 18.1 Å². The number of halogens is 3. The molecule has 2 N–H and O–H groups in total. The quantitative estimate of drug-likeness (QED) is 0.599. The third-order valence-corrected chi connectivity index (χ3v) is 4.35. The predicted octanol–water partition coefficient (Wildman–Crippen LogP) is 5.65. The van der Waals surface area contributed by atoms with Crippen LogP contribution in [0.2, 0.25) is 15.1 Å². The molecular weight excluding hydrogens is 385 g/mol. The van der Waals surface area contributed by atoms with Gasteiger partial charge in [-0.05, 0) is 48.5 Å². The van der Waals surface area contributed by atoms with Crippen LogP contribution < -0.4 is 5.32 Å². The van der Waals surface area contributed by atoms with Gasteiger partial charge in [0.05, 0.1) is 15.6 Å². The maximum absolute atomic E-state index is 12.3. The Morgan fingerprint density at radius 2 is 1.80 bits per heavy atom. The number of furan rings is 1. The van der Waals surface area contributed by atoms with E-state index in [0.29, 0.717) is 38.4 Å². The minimum Gasteiger partial charge on any atom is -0.459 e. The zero-order valence-corrected chi connectivity index (χ0v) is 15.0. The highest BCUT2D eigenvalue weighted by atomic mass is 35.5. The molecule has 0 aliphatic carbocycles. The summed E-state index contributed by atoms with van der Waals surface area (Å²) in [5.41, 5.74) is 1.48. The summed E-state index contributed by atoms with van der Waals surface area (Å²) < 4.78 is 5.47. The summed E-state index contributed by atoms with van der Waals surface area (Å²) in [5.74, 6) is 0.611. The molecule has 0 saturated carbocycles. The Hall–Kier alpha value is -1.98. The first-order valence-electron chi connectivity index (χ1n) is 7.24. The maximum atomic E-state index is 12.3. The second-order valence-corrected chi connectivity index (χ2v) is 6.45. The average Bonchev–Trinajstić information content (AvgIpc) is 3.03. The monoisotopic (exact) mass is 395 g/mol. The van der Waals surface area contributed by atoms with Crippen LogP contribution in [0.25, 0.3) is 11.3 Å². The van der Waals surface area contributed by atoms with E-state index in [2.05, 4.69) is 5.32 Å². The number of nitrogens with one attached hydrogen (secondary N) is 1. The van der Waals surface area contributed by atoms with Crippen LogP contribution in [0.4, 0.5) is 5.69 Å². The first kappa shape index (κ1) is 17.8. The molecule has 3 rings (SSSR count). The van der Waals surface area contributed by atoms with Gasteiger partial charge in [0.25, 0.3) is 5.91 Å². The molecule has 1 heterocycles. The minimum atomic E-state index is -0.369. The molecule has 0 bridgehead atoms. The third kappa shape index (κ3) is 3.99. The predicted molar refractivity (Wildman–Crippen MR) is 99.5 cm³/mol. The number of aliphatic hydroxyl groups is 1. The Bertz CT molecular complexity index is 937. The lowest BCUT2D eigenvalue weighted by molar-refractivity contribution is 0.102. The van der Waals surface area contributed by atoms with Gasteiger partial charge in [-0.1, -0.05) is 34.8 Å². The second kappa shape index (κ2) is 7.50. The number of aliphatic hydroxyl groups excluding tert-OH is 1. The summed E-state index contributed by atoms with van der Waals surface area (Å²) in [5, 5.41) is 12.9. The van der Waals surface area contributed by atoms with E-state index < -0.39 is 0 Å². The maximum Gasteiger partial charge on any atom is 0.257 e. The third-order valence-electron chi connectivity index (χ3n) is 3.49. The zero-order chi connectivity index (χ0) is 18.0. The Morgan fingerprint density at radius 1 is 1.00 bits per heavy atom. The molecule has 4 nitrogen and oxygen atoms in total. The van der Waals surface area contributed by atoms with Gasteiger partial charge in [0.2, 0.25) is 0 Å². The highest BCUT2D eigenvalue weighted by Gasteiger charge is 2.13. The van der Waals surface area contributed by atoms with Crippen molar-refractivity contribution in [3.8, 4) is 11.3 Å². The molecule has 0 atom stereocenters. The van der Waals surface area contributed by atoms with Crippen LogP contribution in [-0.4, -0.2) is 11.0 Å². The highest BCUT2D eigenvalue weighted by Crippen LogP contribution is 2.32. The molecule has 0 radical (unpaired) electrons. The molecule has 0 fully saturated rings. The molecule has 0 spiro atoms. The average molecular weight is 397 g/mol. The Kier molecular flexibility index (Phi) is 5.35. The lowest BCUT2D eigenvalue weighted by atomic mass is 10.1. The first-order chi connectivity index (χ1) is 12.0. The molecular formula is C18H12Cl3NO3. The van der Waals surface area contributed by atoms with Crippen LogP contribution in [0.1, 0.15) is 16.1 Å². The van der Waals surface area contributed by atoms with E-state index in [4.69, 9.17) is 44.3 Å². The standard InChI is InChI=1S/C18H12Cl3NO3/c19-10-1-4-14(15(20)7-10)18(24)22-11-2-5-13(16(21)8-11)17-6-3-12(9-23)25-17/h1-8,23H,9H2,(H,22,24). The van der Waals surface area contributed by atoms with Crippen LogP contribution >= 0.6 is 34.8 Å². The van der Waals surface area contributed by atoms with Crippen molar-refractivity contribution >= 4 is 46.4 Å². The van der Waals surface area contributed by atoms with Gasteiger partial charge in [0, 0.05) is 16.3 Å². The summed E-state index contributed by atoms with van der Waals surface area (Å²) in [6.07, 6.45) is 0. The molecule has 25 heavy (non-hydrogen) atoms. The number of amides is 1. The van der Waals surface area contributed by atoms with Gasteiger partial charge in [0.15, 0.2) is 0 Å². The molecule has 128 valence electrons. The van der Waals surface area contributed by atoms with Crippen molar-refractivity contribution < 1.29 is 14.3 Å². The van der Waals surface area contributed by atoms with Crippen molar-refractivity contribution in [3.63, 3.8) is 0 Å². The van der Waals surface area contributed by atoms with E-state index in [9.17, 15) is 4.79 Å². The van der Waals surface area contributed by atoms with E-state index in [1.807, 2.05) is 0 Å². The van der Waals surface area contributed by atoms with Crippen molar-refractivity contribution in [3.05, 3.63) is 74.9 Å². The molecule has 2 aromatic carbocycles. The topological polar surface area (TPSA) is 62.5 Å². The lowest BCUT2D eigenvalue weighted by Crippen LogP contribution is -2.12. The van der Waals surface area contributed by atoms with Crippen molar-refractivity contribution in [2.24, 2.45) is 0 Å². The van der Waals surface area contributed by atoms with Crippen molar-refractivity contribution in [2.45, 2.75) is 6.61 Å². The van der Waals surface area contributed by atoms with Crippen LogP contribution in [0.5, 0.6) is 0 Å². The van der Waals surface area contributed by atoms with E-state index in [-0.39, 0.29) is 17.5 Å². The van der Waals surface area contributed by atoms with Crippen LogP contribution in [0.3, 0.4) is 0 Å². The molecule has 0 saturated heterocycles. The summed E-state index contributed by atoms with van der Waals surface area (Å²) >= 11 is 18.2. The van der Waals surface area contributed by atoms with E-state index in [0.717, 1.165) is 0 Å². The number of carbonyl (C=O) groups is 1. The first-order valence-corrected chi connectivity index (χ1v) is 8.37. The van der Waals surface area contributed by atoms with Crippen molar-refractivity contribution in [2.75, 3.05) is 5.32 Å². The van der Waals surface area contributed by atoms with Gasteiger partial charge >= 0.3 is 0 Å². The number of carbonyl (C=O) groups excluding carboxylic acids is 1. The molecule has 3 aromatic rings. The minimum absolute atomic E-state index is 0.187. The zero-order valence-electron chi connectivity index (χ0n) is 12.7. The SMILES string of the molecule is O=C(Nc1ccc(-c2ccc(CO)o2)c(Cl)c1)c1ccc(Cl)cc1Cl. The number of anilines is 1. The molecule has 0 aliphatic heterocycles. The van der Waals surface area contributed by atoms with Gasteiger partial charge in [-0.2, -0.15) is 0 Å². The molecule has 1 amide bonds. The number of rotatable bonds is 4. The molecule has 7 heteroatoms. The Balaban J connectivity index is 1.82. The van der Waals surface area contributed by atoms with Crippen LogP contribution in [-0.2, 0) is 6.61 Å². The van der Waals surface area contributed by atoms with Crippen LogP contribution in [0, 0.1) is 0 Å².